The summed E-state index contributed by atoms with van der Waals surface area (Å²) < 4.78 is 27.6. The second-order valence-corrected chi connectivity index (χ2v) is 6.17. The van der Waals surface area contributed by atoms with E-state index in [4.69, 9.17) is 0 Å². The van der Waals surface area contributed by atoms with Crippen LogP contribution in [0.15, 0.2) is 17.0 Å². The summed E-state index contributed by atoms with van der Waals surface area (Å²) in [7, 11) is -2.10. The number of aromatic nitrogens is 1. The van der Waals surface area contributed by atoms with Crippen molar-refractivity contribution in [2.24, 2.45) is 0 Å². The summed E-state index contributed by atoms with van der Waals surface area (Å²) in [5, 5.41) is 0. The summed E-state index contributed by atoms with van der Waals surface area (Å²) in [6.07, 6.45) is 3.09. The van der Waals surface area contributed by atoms with Gasteiger partial charge in [-0.2, -0.15) is 0 Å². The molecule has 17 heavy (non-hydrogen) atoms. The Kier molecular flexibility index (Phi) is 2.91. The highest BCUT2D eigenvalue weighted by Crippen LogP contribution is 2.39. The molecule has 1 fully saturated rings. The van der Waals surface area contributed by atoms with Gasteiger partial charge in [-0.15, -0.1) is 0 Å². The molecule has 92 valence electrons. The van der Waals surface area contributed by atoms with E-state index in [1.165, 1.54) is 13.2 Å². The van der Waals surface area contributed by atoms with Crippen LogP contribution in [0.25, 0.3) is 0 Å². The van der Waals surface area contributed by atoms with Crippen LogP contribution in [0, 0.1) is 0 Å². The molecule has 0 aliphatic heterocycles. The number of hydrogen-bond acceptors (Lipinski definition) is 5. The van der Waals surface area contributed by atoms with Crippen molar-refractivity contribution in [1.29, 1.82) is 0 Å². The second-order valence-electron chi connectivity index (χ2n) is 4.15. The Morgan fingerprint density at radius 1 is 1.41 bits per heavy atom. The number of rotatable bonds is 3. The quantitative estimate of drug-likeness (QED) is 0.757. The van der Waals surface area contributed by atoms with Crippen LogP contribution in [-0.4, -0.2) is 32.7 Å². The van der Waals surface area contributed by atoms with Crippen LogP contribution in [0.5, 0.6) is 0 Å². The minimum atomic E-state index is -3.34. The van der Waals surface area contributed by atoms with Crippen molar-refractivity contribution in [2.75, 3.05) is 13.4 Å². The number of pyridine rings is 1. The van der Waals surface area contributed by atoms with Gasteiger partial charge in [0.05, 0.1) is 12.0 Å². The number of carbonyl (C=O) groups excluding carboxylic acids is 1. The molecule has 0 N–H and O–H groups in total. The number of esters is 1. The number of methoxy groups -OCH3 is 1. The molecular formula is C11H13NO4S. The van der Waals surface area contributed by atoms with Crippen LogP contribution in [0.2, 0.25) is 0 Å². The first kappa shape index (κ1) is 12.0. The fourth-order valence-corrected chi connectivity index (χ4v) is 2.20. The van der Waals surface area contributed by atoms with E-state index in [0.717, 1.165) is 19.1 Å². The number of carbonyl (C=O) groups is 1. The van der Waals surface area contributed by atoms with Gasteiger partial charge < -0.3 is 4.74 Å². The lowest BCUT2D eigenvalue weighted by Gasteiger charge is -2.05. The molecule has 0 bridgehead atoms. The lowest BCUT2D eigenvalue weighted by molar-refractivity contribution is 0.0593. The first-order chi connectivity index (χ1) is 7.91. The van der Waals surface area contributed by atoms with E-state index in [1.54, 1.807) is 6.07 Å². The van der Waals surface area contributed by atoms with Crippen molar-refractivity contribution in [3.8, 4) is 0 Å². The third-order valence-electron chi connectivity index (χ3n) is 2.64. The molecular weight excluding hydrogens is 242 g/mol. The summed E-state index contributed by atoms with van der Waals surface area (Å²) in [6.45, 7) is 0. The van der Waals surface area contributed by atoms with E-state index >= 15 is 0 Å². The van der Waals surface area contributed by atoms with Crippen molar-refractivity contribution in [2.45, 2.75) is 23.7 Å². The Hall–Kier alpha value is -1.43. The smallest absolute Gasteiger partial charge is 0.356 e. The molecule has 1 saturated carbocycles. The van der Waals surface area contributed by atoms with Crippen LogP contribution in [0.4, 0.5) is 0 Å². The van der Waals surface area contributed by atoms with E-state index in [0.29, 0.717) is 5.69 Å². The molecule has 2 rings (SSSR count). The minimum absolute atomic E-state index is 0.0531. The van der Waals surface area contributed by atoms with Crippen molar-refractivity contribution >= 4 is 15.8 Å². The maximum absolute atomic E-state index is 11.5. The highest BCUT2D eigenvalue weighted by atomic mass is 32.2. The van der Waals surface area contributed by atoms with Gasteiger partial charge in [-0.1, -0.05) is 0 Å². The summed E-state index contributed by atoms with van der Waals surface area (Å²) in [4.78, 5) is 15.7. The molecule has 1 heterocycles. The van der Waals surface area contributed by atoms with Crippen LogP contribution in [-0.2, 0) is 14.6 Å². The molecule has 0 aromatic carbocycles. The molecule has 5 nitrogen and oxygen atoms in total. The maximum atomic E-state index is 11.5. The number of sulfone groups is 1. The zero-order valence-corrected chi connectivity index (χ0v) is 10.5. The highest BCUT2D eigenvalue weighted by molar-refractivity contribution is 7.90. The second kappa shape index (κ2) is 4.10. The molecule has 1 aromatic heterocycles. The Bertz CT molecular complexity index is 561. The van der Waals surface area contributed by atoms with Crippen LogP contribution in [0.1, 0.15) is 34.9 Å². The largest absolute Gasteiger partial charge is 0.464 e. The Morgan fingerprint density at radius 2 is 2.06 bits per heavy atom. The van der Waals surface area contributed by atoms with Gasteiger partial charge >= 0.3 is 5.97 Å². The predicted octanol–water partition coefficient (Wildman–Crippen LogP) is 1.15. The van der Waals surface area contributed by atoms with E-state index in [-0.39, 0.29) is 16.5 Å². The van der Waals surface area contributed by atoms with Gasteiger partial charge in [-0.25, -0.2) is 18.2 Å². The zero-order chi connectivity index (χ0) is 12.6. The van der Waals surface area contributed by atoms with Gasteiger partial charge in [-0.3, -0.25) is 0 Å². The molecule has 0 atom stereocenters. The summed E-state index contributed by atoms with van der Waals surface area (Å²) in [6, 6.07) is 2.80. The molecule has 0 unspecified atom stereocenters. The SMILES string of the molecule is COC(=O)c1cc(S(C)(=O)=O)cc(C2CC2)n1. The molecule has 0 amide bonds. The number of nitrogens with zero attached hydrogens (tertiary/aromatic N) is 1. The average molecular weight is 255 g/mol. The molecule has 1 aliphatic carbocycles. The highest BCUT2D eigenvalue weighted by Gasteiger charge is 2.27. The molecule has 0 radical (unpaired) electrons. The Balaban J connectivity index is 2.53. The van der Waals surface area contributed by atoms with E-state index in [9.17, 15) is 13.2 Å². The van der Waals surface area contributed by atoms with Gasteiger partial charge in [0.2, 0.25) is 0 Å². The van der Waals surface area contributed by atoms with Crippen molar-refractivity contribution in [3.63, 3.8) is 0 Å². The van der Waals surface area contributed by atoms with Gasteiger partial charge in [0, 0.05) is 17.9 Å². The third kappa shape index (κ3) is 2.63. The molecule has 0 spiro atoms. The molecule has 0 saturated heterocycles. The first-order valence-corrected chi connectivity index (χ1v) is 7.11. The average Bonchev–Trinajstić information content (AvgIpc) is 3.10. The normalized spacial score (nSPS) is 15.6. The fraction of sp³-hybridized carbons (Fsp3) is 0.455. The Labute approximate surface area is 99.7 Å². The standard InChI is InChI=1S/C11H13NO4S/c1-16-11(13)10-6-8(17(2,14)15)5-9(12-10)7-3-4-7/h5-7H,3-4H2,1-2H3. The van der Waals surface area contributed by atoms with Gasteiger partial charge in [0.25, 0.3) is 0 Å². The topological polar surface area (TPSA) is 73.3 Å². The van der Waals surface area contributed by atoms with Gasteiger partial charge in [0.15, 0.2) is 9.84 Å². The van der Waals surface area contributed by atoms with E-state index < -0.39 is 15.8 Å². The van der Waals surface area contributed by atoms with E-state index in [2.05, 4.69) is 9.72 Å². The lowest BCUT2D eigenvalue weighted by Crippen LogP contribution is -2.09. The minimum Gasteiger partial charge on any atom is -0.464 e. The van der Waals surface area contributed by atoms with Crippen molar-refractivity contribution in [1.82, 2.24) is 4.98 Å². The predicted molar refractivity (Wildman–Crippen MR) is 60.7 cm³/mol. The molecule has 6 heteroatoms. The van der Waals surface area contributed by atoms with Gasteiger partial charge in [-0.05, 0) is 25.0 Å². The number of hydrogen-bond donors (Lipinski definition) is 0. The first-order valence-electron chi connectivity index (χ1n) is 5.22. The molecule has 1 aromatic rings. The Morgan fingerprint density at radius 3 is 2.53 bits per heavy atom. The summed E-state index contributed by atoms with van der Waals surface area (Å²) >= 11 is 0. The van der Waals surface area contributed by atoms with Crippen LogP contribution < -0.4 is 0 Å². The fourth-order valence-electron chi connectivity index (χ4n) is 1.54. The van der Waals surface area contributed by atoms with Crippen LogP contribution >= 0.6 is 0 Å². The monoisotopic (exact) mass is 255 g/mol. The van der Waals surface area contributed by atoms with E-state index in [1.807, 2.05) is 0 Å². The third-order valence-corrected chi connectivity index (χ3v) is 3.73. The zero-order valence-electron chi connectivity index (χ0n) is 9.63. The van der Waals surface area contributed by atoms with Gasteiger partial charge in [0.1, 0.15) is 5.69 Å². The van der Waals surface area contributed by atoms with Crippen molar-refractivity contribution in [3.05, 3.63) is 23.5 Å². The maximum Gasteiger partial charge on any atom is 0.356 e. The lowest BCUT2D eigenvalue weighted by atomic mass is 10.2. The summed E-state index contributed by atoms with van der Waals surface area (Å²) in [5.74, 6) is -0.336. The summed E-state index contributed by atoms with van der Waals surface area (Å²) in [5.41, 5.74) is 0.714. The van der Waals surface area contributed by atoms with Crippen molar-refractivity contribution < 1.29 is 17.9 Å². The van der Waals surface area contributed by atoms with Crippen LogP contribution in [0.3, 0.4) is 0 Å². The molecule has 1 aliphatic rings. The number of ether oxygens (including phenoxy) is 1.